The summed E-state index contributed by atoms with van der Waals surface area (Å²) in [5, 5.41) is 3.06. The highest BCUT2D eigenvalue weighted by atomic mass is 16.5. The van der Waals surface area contributed by atoms with Crippen molar-refractivity contribution in [1.82, 2.24) is 9.97 Å². The lowest BCUT2D eigenvalue weighted by Gasteiger charge is -2.40. The van der Waals surface area contributed by atoms with Crippen molar-refractivity contribution in [2.75, 3.05) is 50.7 Å². The number of benzene rings is 1. The molecule has 4 rings (SSSR count). The van der Waals surface area contributed by atoms with Crippen molar-refractivity contribution in [2.24, 2.45) is 0 Å². The summed E-state index contributed by atoms with van der Waals surface area (Å²) >= 11 is 0. The van der Waals surface area contributed by atoms with E-state index in [0.29, 0.717) is 11.9 Å². The molecule has 2 aliphatic heterocycles. The first-order chi connectivity index (χ1) is 12.8. The number of hydrogen-bond donors (Lipinski definition) is 1. The zero-order valence-corrected chi connectivity index (χ0v) is 15.1. The monoisotopic (exact) mass is 356 g/mol. The van der Waals surface area contributed by atoms with E-state index >= 15 is 0 Å². The highest BCUT2D eigenvalue weighted by Gasteiger charge is 2.31. The number of ether oxygens (including phenoxy) is 3. The summed E-state index contributed by atoms with van der Waals surface area (Å²) in [5.74, 6) is 3.48. The fourth-order valence-electron chi connectivity index (χ4n) is 3.30. The molecular formula is C19H24N4O3. The molecule has 1 atom stereocenters. The zero-order chi connectivity index (χ0) is 17.9. The van der Waals surface area contributed by atoms with Gasteiger partial charge in [0.2, 0.25) is 5.95 Å². The van der Waals surface area contributed by atoms with E-state index in [1.54, 1.807) is 7.11 Å². The van der Waals surface area contributed by atoms with Crippen LogP contribution in [-0.4, -0.2) is 56.5 Å². The second-order valence-electron chi connectivity index (χ2n) is 6.58. The first kappa shape index (κ1) is 16.9. The van der Waals surface area contributed by atoms with E-state index in [2.05, 4.69) is 26.3 Å². The van der Waals surface area contributed by atoms with Gasteiger partial charge >= 0.3 is 0 Å². The quantitative estimate of drug-likeness (QED) is 0.852. The Hall–Kier alpha value is -2.54. The predicted octanol–water partition coefficient (Wildman–Crippen LogP) is 2.30. The largest absolute Gasteiger partial charge is 0.493 e. The van der Waals surface area contributed by atoms with E-state index in [9.17, 15) is 0 Å². The van der Waals surface area contributed by atoms with Crippen LogP contribution in [0.2, 0.25) is 0 Å². The second-order valence-corrected chi connectivity index (χ2v) is 6.58. The average Bonchev–Trinajstić information content (AvgIpc) is 3.19. The minimum absolute atomic E-state index is 0.123. The van der Waals surface area contributed by atoms with Gasteiger partial charge in [-0.25, -0.2) is 4.98 Å². The highest BCUT2D eigenvalue weighted by molar-refractivity contribution is 5.49. The highest BCUT2D eigenvalue weighted by Crippen LogP contribution is 2.32. The molecule has 0 radical (unpaired) electrons. The lowest BCUT2D eigenvalue weighted by atomic mass is 10.0. The zero-order valence-electron chi connectivity index (χ0n) is 15.1. The van der Waals surface area contributed by atoms with Crippen LogP contribution in [0, 0.1) is 0 Å². The number of rotatable bonds is 6. The van der Waals surface area contributed by atoms with Crippen LogP contribution >= 0.6 is 0 Å². The molecule has 2 saturated heterocycles. The van der Waals surface area contributed by atoms with Crippen LogP contribution in [0.25, 0.3) is 0 Å². The van der Waals surface area contributed by atoms with Gasteiger partial charge in [0.15, 0.2) is 11.5 Å². The van der Waals surface area contributed by atoms with Crippen LogP contribution in [0.5, 0.6) is 11.5 Å². The smallest absolute Gasteiger partial charge is 0.224 e. The Kier molecular flexibility index (Phi) is 4.79. The summed E-state index contributed by atoms with van der Waals surface area (Å²) in [4.78, 5) is 11.4. The minimum atomic E-state index is 0.123. The van der Waals surface area contributed by atoms with Crippen molar-refractivity contribution in [3.63, 3.8) is 0 Å². The maximum atomic E-state index is 6.06. The molecule has 0 saturated carbocycles. The molecule has 0 aliphatic carbocycles. The summed E-state index contributed by atoms with van der Waals surface area (Å²) in [6.07, 6.45) is 1.14. The van der Waals surface area contributed by atoms with Gasteiger partial charge in [0.1, 0.15) is 11.9 Å². The Balaban J connectivity index is 1.44. The molecule has 0 spiro atoms. The maximum Gasteiger partial charge on any atom is 0.224 e. The molecule has 7 heteroatoms. The second kappa shape index (κ2) is 7.37. The molecule has 138 valence electrons. The Morgan fingerprint density at radius 1 is 1.19 bits per heavy atom. The molecule has 0 bridgehead atoms. The summed E-state index contributed by atoms with van der Waals surface area (Å²) in [7, 11) is 3.50. The first-order valence-corrected chi connectivity index (χ1v) is 8.96. The Morgan fingerprint density at radius 2 is 2.00 bits per heavy atom. The summed E-state index contributed by atoms with van der Waals surface area (Å²) in [6.45, 7) is 3.12. The maximum absolute atomic E-state index is 6.06. The SMILES string of the molecule is CNc1nc([C@@H]2CCOC2)cc(N2CC(Oc3ccccc3OC)C2)n1. The van der Waals surface area contributed by atoms with E-state index in [-0.39, 0.29) is 6.10 Å². The summed E-state index contributed by atoms with van der Waals surface area (Å²) in [5.41, 5.74) is 1.05. The van der Waals surface area contributed by atoms with Crippen molar-refractivity contribution >= 4 is 11.8 Å². The van der Waals surface area contributed by atoms with Crippen molar-refractivity contribution < 1.29 is 14.2 Å². The molecule has 7 nitrogen and oxygen atoms in total. The van der Waals surface area contributed by atoms with Gasteiger partial charge in [0, 0.05) is 25.6 Å². The van der Waals surface area contributed by atoms with Crippen LogP contribution in [-0.2, 0) is 4.74 Å². The van der Waals surface area contributed by atoms with Crippen LogP contribution in [0.1, 0.15) is 18.0 Å². The minimum Gasteiger partial charge on any atom is -0.493 e. The molecule has 3 heterocycles. The van der Waals surface area contributed by atoms with Crippen molar-refractivity contribution in [3.05, 3.63) is 36.0 Å². The number of methoxy groups -OCH3 is 1. The van der Waals surface area contributed by atoms with Gasteiger partial charge in [-0.1, -0.05) is 12.1 Å². The Bertz CT molecular complexity index is 758. The van der Waals surface area contributed by atoms with E-state index in [1.165, 1.54) is 0 Å². The number of hydrogen-bond acceptors (Lipinski definition) is 7. The third-order valence-corrected chi connectivity index (χ3v) is 4.84. The van der Waals surface area contributed by atoms with E-state index < -0.39 is 0 Å². The van der Waals surface area contributed by atoms with E-state index in [0.717, 1.165) is 55.7 Å². The van der Waals surface area contributed by atoms with Crippen LogP contribution in [0.15, 0.2) is 30.3 Å². The lowest BCUT2D eigenvalue weighted by Crippen LogP contribution is -2.54. The molecule has 1 N–H and O–H groups in total. The van der Waals surface area contributed by atoms with Gasteiger partial charge in [0.25, 0.3) is 0 Å². The Labute approximate surface area is 153 Å². The van der Waals surface area contributed by atoms with Crippen LogP contribution < -0.4 is 19.7 Å². The number of para-hydroxylation sites is 2. The summed E-state index contributed by atoms with van der Waals surface area (Å²) in [6, 6.07) is 9.81. The van der Waals surface area contributed by atoms with Crippen molar-refractivity contribution in [2.45, 2.75) is 18.4 Å². The molecule has 0 unspecified atom stereocenters. The molecule has 1 aromatic carbocycles. The normalized spacial score (nSPS) is 19.9. The Morgan fingerprint density at radius 3 is 2.69 bits per heavy atom. The van der Waals surface area contributed by atoms with Gasteiger partial charge in [-0.2, -0.15) is 4.98 Å². The number of nitrogens with one attached hydrogen (secondary N) is 1. The molecule has 0 amide bonds. The summed E-state index contributed by atoms with van der Waals surface area (Å²) < 4.78 is 16.9. The van der Waals surface area contributed by atoms with E-state index in [1.807, 2.05) is 31.3 Å². The number of aromatic nitrogens is 2. The predicted molar refractivity (Wildman–Crippen MR) is 99.4 cm³/mol. The number of anilines is 2. The molecule has 26 heavy (non-hydrogen) atoms. The van der Waals surface area contributed by atoms with Crippen LogP contribution in [0.4, 0.5) is 11.8 Å². The third-order valence-electron chi connectivity index (χ3n) is 4.84. The van der Waals surface area contributed by atoms with Gasteiger partial charge < -0.3 is 24.4 Å². The van der Waals surface area contributed by atoms with Gasteiger partial charge in [-0.3, -0.25) is 0 Å². The van der Waals surface area contributed by atoms with E-state index in [4.69, 9.17) is 14.2 Å². The van der Waals surface area contributed by atoms with Crippen LogP contribution in [0.3, 0.4) is 0 Å². The molecule has 1 aromatic heterocycles. The number of nitrogens with zero attached hydrogens (tertiary/aromatic N) is 3. The standard InChI is InChI=1S/C19H24N4O3/c1-20-19-21-15(13-7-8-25-12-13)9-18(22-19)23-10-14(11-23)26-17-6-4-3-5-16(17)24-2/h3-6,9,13-14H,7-8,10-12H2,1-2H3,(H,20,21,22)/t13-/m1/s1. The fourth-order valence-corrected chi connectivity index (χ4v) is 3.30. The fraction of sp³-hybridized carbons (Fsp3) is 0.474. The lowest BCUT2D eigenvalue weighted by molar-refractivity contribution is 0.160. The molecule has 2 fully saturated rings. The molecule has 2 aliphatic rings. The average molecular weight is 356 g/mol. The van der Waals surface area contributed by atoms with Crippen molar-refractivity contribution in [1.29, 1.82) is 0 Å². The third kappa shape index (κ3) is 3.39. The van der Waals surface area contributed by atoms with Gasteiger partial charge in [-0.15, -0.1) is 0 Å². The van der Waals surface area contributed by atoms with Gasteiger partial charge in [-0.05, 0) is 18.6 Å². The van der Waals surface area contributed by atoms with Gasteiger partial charge in [0.05, 0.1) is 32.5 Å². The van der Waals surface area contributed by atoms with Crippen molar-refractivity contribution in [3.8, 4) is 11.5 Å². The first-order valence-electron chi connectivity index (χ1n) is 8.96. The molecule has 2 aromatic rings. The molecular weight excluding hydrogens is 332 g/mol. The topological polar surface area (TPSA) is 68.7 Å².